The van der Waals surface area contributed by atoms with Crippen LogP contribution in [0.3, 0.4) is 0 Å². The molecule has 8 nitrogen and oxygen atoms in total. The number of sulfonamides is 1. The number of aromatic nitrogens is 1. The lowest BCUT2D eigenvalue weighted by Gasteiger charge is -2.30. The minimum absolute atomic E-state index is 0.0738. The summed E-state index contributed by atoms with van der Waals surface area (Å²) in [5.74, 6) is -0.668. The Hall–Kier alpha value is -2.17. The number of rotatable bonds is 6. The number of hydrogen-bond acceptors (Lipinski definition) is 5. The van der Waals surface area contributed by atoms with E-state index in [1.165, 1.54) is 16.6 Å². The first kappa shape index (κ1) is 21.1. The second kappa shape index (κ2) is 8.91. The van der Waals surface area contributed by atoms with E-state index in [-0.39, 0.29) is 34.9 Å². The summed E-state index contributed by atoms with van der Waals surface area (Å²) in [4.78, 5) is 30.8. The number of H-pyrrole nitrogens is 1. The molecule has 0 aliphatic carbocycles. The van der Waals surface area contributed by atoms with Crippen molar-refractivity contribution < 1.29 is 18.0 Å². The number of likely N-dealkylation sites (tertiary alicyclic amines) is 1. The molecule has 0 saturated carbocycles. The van der Waals surface area contributed by atoms with Gasteiger partial charge in [-0.05, 0) is 43.2 Å². The second-order valence-corrected chi connectivity index (χ2v) is 10.7. The van der Waals surface area contributed by atoms with E-state index >= 15 is 0 Å². The normalized spacial score (nSPS) is 20.4. The lowest BCUT2D eigenvalue weighted by atomic mass is 9.99. The van der Waals surface area contributed by atoms with Gasteiger partial charge in [0.1, 0.15) is 10.6 Å². The molecule has 2 aliphatic rings. The first-order valence-corrected chi connectivity index (χ1v) is 12.5. The fourth-order valence-corrected chi connectivity index (χ4v) is 6.16. The summed E-state index contributed by atoms with van der Waals surface area (Å²) < 4.78 is 27.6. The number of amides is 2. The zero-order chi connectivity index (χ0) is 21.1. The van der Waals surface area contributed by atoms with Gasteiger partial charge in [-0.3, -0.25) is 9.59 Å². The van der Waals surface area contributed by atoms with Crippen LogP contribution in [0.5, 0.6) is 0 Å². The van der Waals surface area contributed by atoms with E-state index in [1.807, 2.05) is 17.5 Å². The standard InChI is InChI=1S/C20H26N4O4S2/c25-19(22-12-16-6-4-10-29-16)15-5-3-9-24(14-15)30(27,28)17-11-18(21-13-17)20(26)23-7-1-2-8-23/h4,6,10-11,13,15,21H,1-3,5,7-9,12,14H2,(H,22,25)/t15-/m1/s1. The maximum atomic E-state index is 13.1. The summed E-state index contributed by atoms with van der Waals surface area (Å²) in [6.07, 6.45) is 4.61. The van der Waals surface area contributed by atoms with Crippen LogP contribution in [0.4, 0.5) is 0 Å². The van der Waals surface area contributed by atoms with E-state index in [1.54, 1.807) is 16.2 Å². The molecule has 4 rings (SSSR count). The zero-order valence-corrected chi connectivity index (χ0v) is 18.3. The third-order valence-corrected chi connectivity index (χ3v) is 8.41. The van der Waals surface area contributed by atoms with Crippen LogP contribution in [0, 0.1) is 5.92 Å². The van der Waals surface area contributed by atoms with E-state index < -0.39 is 10.0 Å². The number of nitrogens with one attached hydrogen (secondary N) is 2. The maximum absolute atomic E-state index is 13.1. The lowest BCUT2D eigenvalue weighted by molar-refractivity contribution is -0.126. The number of piperidine rings is 1. The Labute approximate surface area is 180 Å². The predicted octanol–water partition coefficient (Wildman–Crippen LogP) is 2.03. The third kappa shape index (κ3) is 4.45. The lowest BCUT2D eigenvalue weighted by Crippen LogP contribution is -2.45. The van der Waals surface area contributed by atoms with Crippen molar-refractivity contribution in [2.45, 2.75) is 37.1 Å². The van der Waals surface area contributed by atoms with Gasteiger partial charge in [-0.1, -0.05) is 6.07 Å². The van der Waals surface area contributed by atoms with E-state index in [0.717, 1.165) is 17.7 Å². The molecule has 10 heteroatoms. The van der Waals surface area contributed by atoms with Crippen LogP contribution in [0.15, 0.2) is 34.7 Å². The van der Waals surface area contributed by atoms with E-state index in [4.69, 9.17) is 0 Å². The molecule has 0 spiro atoms. The first-order valence-electron chi connectivity index (χ1n) is 10.2. The van der Waals surface area contributed by atoms with Crippen LogP contribution < -0.4 is 5.32 Å². The van der Waals surface area contributed by atoms with Crippen molar-refractivity contribution in [3.63, 3.8) is 0 Å². The summed E-state index contributed by atoms with van der Waals surface area (Å²) in [6, 6.07) is 5.30. The molecule has 4 heterocycles. The molecule has 162 valence electrons. The summed E-state index contributed by atoms with van der Waals surface area (Å²) in [7, 11) is -3.77. The molecule has 2 aromatic heterocycles. The van der Waals surface area contributed by atoms with Crippen molar-refractivity contribution in [3.05, 3.63) is 40.3 Å². The van der Waals surface area contributed by atoms with Crippen molar-refractivity contribution in [2.24, 2.45) is 5.92 Å². The predicted molar refractivity (Wildman–Crippen MR) is 114 cm³/mol. The van der Waals surface area contributed by atoms with Gasteiger partial charge in [-0.15, -0.1) is 11.3 Å². The van der Waals surface area contributed by atoms with Crippen LogP contribution >= 0.6 is 11.3 Å². The molecule has 2 amide bonds. The Kier molecular flexibility index (Phi) is 6.26. The Morgan fingerprint density at radius 2 is 2.00 bits per heavy atom. The van der Waals surface area contributed by atoms with E-state index in [2.05, 4.69) is 10.3 Å². The molecule has 2 saturated heterocycles. The zero-order valence-electron chi connectivity index (χ0n) is 16.7. The van der Waals surface area contributed by atoms with Gasteiger partial charge in [-0.25, -0.2) is 8.42 Å². The summed E-state index contributed by atoms with van der Waals surface area (Å²) in [5, 5.41) is 4.86. The van der Waals surface area contributed by atoms with Crippen molar-refractivity contribution in [3.8, 4) is 0 Å². The van der Waals surface area contributed by atoms with Crippen LogP contribution in [0.2, 0.25) is 0 Å². The highest BCUT2D eigenvalue weighted by Gasteiger charge is 2.34. The van der Waals surface area contributed by atoms with Crippen molar-refractivity contribution in [1.82, 2.24) is 19.5 Å². The van der Waals surface area contributed by atoms with Crippen molar-refractivity contribution in [1.29, 1.82) is 0 Å². The topological polar surface area (TPSA) is 103 Å². The maximum Gasteiger partial charge on any atom is 0.270 e. The molecule has 0 radical (unpaired) electrons. The van der Waals surface area contributed by atoms with Gasteiger partial charge in [0, 0.05) is 37.3 Å². The molecular weight excluding hydrogens is 424 g/mol. The molecule has 0 aromatic carbocycles. The molecule has 2 aromatic rings. The number of carbonyl (C=O) groups is 2. The highest BCUT2D eigenvalue weighted by Crippen LogP contribution is 2.25. The van der Waals surface area contributed by atoms with Gasteiger partial charge in [-0.2, -0.15) is 4.31 Å². The summed E-state index contributed by atoms with van der Waals surface area (Å²) >= 11 is 1.57. The third-order valence-electron chi connectivity index (χ3n) is 5.69. The molecule has 2 fully saturated rings. The van der Waals surface area contributed by atoms with Gasteiger partial charge in [0.05, 0.1) is 12.5 Å². The van der Waals surface area contributed by atoms with Gasteiger partial charge in [0.2, 0.25) is 15.9 Å². The number of aromatic amines is 1. The van der Waals surface area contributed by atoms with Gasteiger partial charge >= 0.3 is 0 Å². The highest BCUT2D eigenvalue weighted by molar-refractivity contribution is 7.89. The monoisotopic (exact) mass is 450 g/mol. The number of carbonyl (C=O) groups excluding carboxylic acids is 2. The van der Waals surface area contributed by atoms with Crippen LogP contribution in [0.25, 0.3) is 0 Å². The molecule has 2 N–H and O–H groups in total. The minimum Gasteiger partial charge on any atom is -0.356 e. The largest absolute Gasteiger partial charge is 0.356 e. The van der Waals surface area contributed by atoms with E-state index in [9.17, 15) is 18.0 Å². The fraction of sp³-hybridized carbons (Fsp3) is 0.500. The molecule has 1 atom stereocenters. The number of hydrogen-bond donors (Lipinski definition) is 2. The molecular formula is C20H26N4O4S2. The Balaban J connectivity index is 1.41. The van der Waals surface area contributed by atoms with Crippen molar-refractivity contribution >= 4 is 33.2 Å². The Morgan fingerprint density at radius 3 is 2.73 bits per heavy atom. The average molecular weight is 451 g/mol. The van der Waals surface area contributed by atoms with Gasteiger partial charge < -0.3 is 15.2 Å². The number of nitrogens with zero attached hydrogens (tertiary/aromatic N) is 2. The molecule has 0 bridgehead atoms. The van der Waals surface area contributed by atoms with Crippen LogP contribution in [0.1, 0.15) is 41.0 Å². The quantitative estimate of drug-likeness (QED) is 0.703. The SMILES string of the molecule is O=C(NCc1cccs1)[C@@H]1CCCN(S(=O)(=O)c2c[nH]c(C(=O)N3CCCC3)c2)C1. The number of thiophene rings is 1. The van der Waals surface area contributed by atoms with Gasteiger partial charge in [0.25, 0.3) is 5.91 Å². The van der Waals surface area contributed by atoms with E-state index in [0.29, 0.717) is 39.0 Å². The minimum atomic E-state index is -3.77. The molecule has 30 heavy (non-hydrogen) atoms. The summed E-state index contributed by atoms with van der Waals surface area (Å²) in [6.45, 7) is 2.39. The molecule has 2 aliphatic heterocycles. The molecule has 0 unspecified atom stereocenters. The fourth-order valence-electron chi connectivity index (χ4n) is 3.99. The Bertz CT molecular complexity index is 994. The highest BCUT2D eigenvalue weighted by atomic mass is 32.2. The first-order chi connectivity index (χ1) is 14.4. The average Bonchev–Trinajstić information content (AvgIpc) is 3.53. The van der Waals surface area contributed by atoms with Gasteiger partial charge in [0.15, 0.2) is 0 Å². The smallest absolute Gasteiger partial charge is 0.270 e. The second-order valence-electron chi connectivity index (χ2n) is 7.75. The van der Waals surface area contributed by atoms with Crippen molar-refractivity contribution in [2.75, 3.05) is 26.2 Å². The Morgan fingerprint density at radius 1 is 1.20 bits per heavy atom. The van der Waals surface area contributed by atoms with Crippen LogP contribution in [-0.2, 0) is 21.4 Å². The van der Waals surface area contributed by atoms with Crippen LogP contribution in [-0.4, -0.2) is 60.6 Å². The summed E-state index contributed by atoms with van der Waals surface area (Å²) in [5.41, 5.74) is 0.290.